The molecule has 0 bridgehead atoms. The van der Waals surface area contributed by atoms with Gasteiger partial charge in [-0.05, 0) is 38.6 Å². The van der Waals surface area contributed by atoms with Crippen LogP contribution in [-0.2, 0) is 13.5 Å². The van der Waals surface area contributed by atoms with Gasteiger partial charge in [0.25, 0.3) is 5.91 Å². The smallest absolute Gasteiger partial charge is 0.257 e. The molecule has 1 amide bonds. The summed E-state index contributed by atoms with van der Waals surface area (Å²) in [6, 6.07) is 0.362. The number of nitrogens with two attached hydrogens (primary N) is 1. The monoisotopic (exact) mass is 264 g/mol. The van der Waals surface area contributed by atoms with Gasteiger partial charge in [-0.25, -0.2) is 0 Å². The average molecular weight is 264 g/mol. The van der Waals surface area contributed by atoms with Crippen molar-refractivity contribution in [3.05, 3.63) is 17.5 Å². The van der Waals surface area contributed by atoms with Crippen molar-refractivity contribution < 1.29 is 4.79 Å². The number of hydrogen-bond donors (Lipinski definition) is 1. The van der Waals surface area contributed by atoms with E-state index in [-0.39, 0.29) is 5.91 Å². The highest BCUT2D eigenvalue weighted by atomic mass is 16.2. The third-order valence-corrected chi connectivity index (χ3v) is 3.85. The van der Waals surface area contributed by atoms with E-state index in [2.05, 4.69) is 5.10 Å². The molecule has 1 aliphatic heterocycles. The molecule has 0 aromatic carbocycles. The molecular formula is C14H24N4O. The summed E-state index contributed by atoms with van der Waals surface area (Å²) in [6.07, 6.45) is 6.85. The van der Waals surface area contributed by atoms with Gasteiger partial charge in [0.2, 0.25) is 0 Å². The number of amides is 1. The molecule has 2 rings (SSSR count). The number of rotatable bonds is 5. The Bertz CT molecular complexity index is 441. The second-order valence-corrected chi connectivity index (χ2v) is 5.24. The van der Waals surface area contributed by atoms with Gasteiger partial charge in [0.05, 0.1) is 11.3 Å². The zero-order valence-corrected chi connectivity index (χ0v) is 11.9. The fraction of sp³-hybridized carbons (Fsp3) is 0.714. The Morgan fingerprint density at radius 2 is 2.37 bits per heavy atom. The Kier molecular flexibility index (Phi) is 4.58. The molecule has 5 heteroatoms. The first-order chi connectivity index (χ1) is 9.17. The third-order valence-electron chi connectivity index (χ3n) is 3.85. The van der Waals surface area contributed by atoms with Gasteiger partial charge in [0.1, 0.15) is 0 Å². The molecule has 0 saturated carbocycles. The van der Waals surface area contributed by atoms with Gasteiger partial charge in [-0.3, -0.25) is 9.48 Å². The molecule has 0 radical (unpaired) electrons. The molecule has 0 aliphatic carbocycles. The predicted molar refractivity (Wildman–Crippen MR) is 74.9 cm³/mol. The van der Waals surface area contributed by atoms with Crippen LogP contribution in [0.25, 0.3) is 0 Å². The Hall–Kier alpha value is -1.36. The van der Waals surface area contributed by atoms with Crippen molar-refractivity contribution in [2.45, 2.75) is 45.1 Å². The summed E-state index contributed by atoms with van der Waals surface area (Å²) in [5.41, 5.74) is 7.24. The minimum atomic E-state index is 0.143. The second-order valence-electron chi connectivity index (χ2n) is 5.24. The van der Waals surface area contributed by atoms with Crippen LogP contribution in [0.15, 0.2) is 6.20 Å². The summed E-state index contributed by atoms with van der Waals surface area (Å²) < 4.78 is 1.73. The van der Waals surface area contributed by atoms with E-state index >= 15 is 0 Å². The zero-order chi connectivity index (χ0) is 13.8. The van der Waals surface area contributed by atoms with Crippen LogP contribution in [0, 0.1) is 0 Å². The molecule has 1 aromatic heterocycles. The Morgan fingerprint density at radius 1 is 1.58 bits per heavy atom. The van der Waals surface area contributed by atoms with Crippen LogP contribution in [0.1, 0.15) is 48.7 Å². The number of carbonyl (C=O) groups is 1. The van der Waals surface area contributed by atoms with Crippen LogP contribution in [0.3, 0.4) is 0 Å². The Morgan fingerprint density at radius 3 is 3.05 bits per heavy atom. The molecule has 2 heterocycles. The topological polar surface area (TPSA) is 64.2 Å². The quantitative estimate of drug-likeness (QED) is 0.872. The lowest BCUT2D eigenvalue weighted by atomic mass is 10.1. The molecule has 1 aromatic rings. The fourth-order valence-corrected chi connectivity index (χ4v) is 2.89. The highest BCUT2D eigenvalue weighted by molar-refractivity contribution is 5.95. The molecule has 19 heavy (non-hydrogen) atoms. The average Bonchev–Trinajstić information content (AvgIpc) is 3.01. The molecule has 1 unspecified atom stereocenters. The molecule has 1 saturated heterocycles. The van der Waals surface area contributed by atoms with Gasteiger partial charge < -0.3 is 10.6 Å². The van der Waals surface area contributed by atoms with Crippen molar-refractivity contribution in [1.82, 2.24) is 14.7 Å². The fourth-order valence-electron chi connectivity index (χ4n) is 2.89. The molecule has 5 nitrogen and oxygen atoms in total. The molecule has 1 atom stereocenters. The van der Waals surface area contributed by atoms with Crippen LogP contribution in [-0.4, -0.2) is 39.7 Å². The maximum atomic E-state index is 12.7. The second kappa shape index (κ2) is 6.19. The third kappa shape index (κ3) is 2.97. The van der Waals surface area contributed by atoms with Crippen LogP contribution in [0.5, 0.6) is 0 Å². The van der Waals surface area contributed by atoms with Crippen LogP contribution >= 0.6 is 0 Å². The number of hydrogen-bond acceptors (Lipinski definition) is 3. The summed E-state index contributed by atoms with van der Waals surface area (Å²) in [7, 11) is 1.87. The number of likely N-dealkylation sites (tertiary alicyclic amines) is 1. The summed E-state index contributed by atoms with van der Waals surface area (Å²) in [6.45, 7) is 3.60. The van der Waals surface area contributed by atoms with Crippen LogP contribution in [0.4, 0.5) is 0 Å². The van der Waals surface area contributed by atoms with Gasteiger partial charge in [-0.15, -0.1) is 0 Å². The normalized spacial score (nSPS) is 19.1. The Labute approximate surface area is 114 Å². The van der Waals surface area contributed by atoms with Gasteiger partial charge in [0, 0.05) is 25.8 Å². The first-order valence-corrected chi connectivity index (χ1v) is 7.21. The summed E-state index contributed by atoms with van der Waals surface area (Å²) in [5, 5.41) is 4.36. The van der Waals surface area contributed by atoms with E-state index in [0.717, 1.165) is 49.9 Å². The van der Waals surface area contributed by atoms with Gasteiger partial charge in [0.15, 0.2) is 0 Å². The maximum Gasteiger partial charge on any atom is 0.257 e. The lowest BCUT2D eigenvalue weighted by Gasteiger charge is -2.24. The number of carbonyl (C=O) groups excluding carboxylic acids is 1. The van der Waals surface area contributed by atoms with E-state index in [4.69, 9.17) is 5.73 Å². The molecule has 2 N–H and O–H groups in total. The SMILES string of the molecule is CCc1nn(C)cc1C(=O)N1CCCC1CCCN. The number of nitrogens with zero attached hydrogens (tertiary/aromatic N) is 3. The first kappa shape index (κ1) is 14.1. The van der Waals surface area contributed by atoms with Crippen molar-refractivity contribution in [2.75, 3.05) is 13.1 Å². The van der Waals surface area contributed by atoms with E-state index < -0.39 is 0 Å². The minimum Gasteiger partial charge on any atom is -0.336 e. The summed E-state index contributed by atoms with van der Waals surface area (Å²) in [4.78, 5) is 14.7. The van der Waals surface area contributed by atoms with Crippen LogP contribution in [0.2, 0.25) is 0 Å². The van der Waals surface area contributed by atoms with Crippen molar-refractivity contribution in [3.63, 3.8) is 0 Å². The van der Waals surface area contributed by atoms with Gasteiger partial charge in [-0.2, -0.15) is 5.10 Å². The molecule has 1 aliphatic rings. The predicted octanol–water partition coefficient (Wildman–Crippen LogP) is 1.33. The van der Waals surface area contributed by atoms with Crippen molar-refractivity contribution in [2.24, 2.45) is 12.8 Å². The number of aryl methyl sites for hydroxylation is 2. The summed E-state index contributed by atoms with van der Waals surface area (Å²) >= 11 is 0. The minimum absolute atomic E-state index is 0.143. The molecule has 0 spiro atoms. The van der Waals surface area contributed by atoms with E-state index in [1.54, 1.807) is 4.68 Å². The van der Waals surface area contributed by atoms with E-state index in [1.165, 1.54) is 0 Å². The van der Waals surface area contributed by atoms with Crippen LogP contribution < -0.4 is 5.73 Å². The maximum absolute atomic E-state index is 12.7. The first-order valence-electron chi connectivity index (χ1n) is 7.21. The molecule has 106 valence electrons. The largest absolute Gasteiger partial charge is 0.336 e. The Balaban J connectivity index is 2.13. The molecule has 1 fully saturated rings. The van der Waals surface area contributed by atoms with Crippen molar-refractivity contribution >= 4 is 5.91 Å². The van der Waals surface area contributed by atoms with Gasteiger partial charge in [-0.1, -0.05) is 6.92 Å². The number of aromatic nitrogens is 2. The highest BCUT2D eigenvalue weighted by Gasteiger charge is 2.30. The standard InChI is InChI=1S/C14H24N4O/c1-3-13-12(10-17(2)16-13)14(19)18-9-5-7-11(18)6-4-8-15/h10-11H,3-9,15H2,1-2H3. The van der Waals surface area contributed by atoms with Gasteiger partial charge >= 0.3 is 0 Å². The molecular weight excluding hydrogens is 240 g/mol. The lowest BCUT2D eigenvalue weighted by molar-refractivity contribution is 0.0728. The summed E-state index contributed by atoms with van der Waals surface area (Å²) in [5.74, 6) is 0.143. The van der Waals surface area contributed by atoms with E-state index in [1.807, 2.05) is 25.1 Å². The zero-order valence-electron chi connectivity index (χ0n) is 11.9. The van der Waals surface area contributed by atoms with Crippen molar-refractivity contribution in [3.8, 4) is 0 Å². The van der Waals surface area contributed by atoms with E-state index in [9.17, 15) is 4.79 Å². The lowest BCUT2D eigenvalue weighted by Crippen LogP contribution is -2.36. The van der Waals surface area contributed by atoms with E-state index in [0.29, 0.717) is 12.6 Å². The van der Waals surface area contributed by atoms with Crippen molar-refractivity contribution in [1.29, 1.82) is 0 Å². The highest BCUT2D eigenvalue weighted by Crippen LogP contribution is 2.24.